The number of hydrogen-bond acceptors (Lipinski definition) is 2. The average molecular weight is 292 g/mol. The molecule has 2 rings (SSSR count). The lowest BCUT2D eigenvalue weighted by Crippen LogP contribution is -1.94. The summed E-state index contributed by atoms with van der Waals surface area (Å²) in [6, 6.07) is 9.01. The van der Waals surface area contributed by atoms with E-state index in [1.165, 1.54) is 0 Å². The third-order valence-electron chi connectivity index (χ3n) is 1.92. The summed E-state index contributed by atoms with van der Waals surface area (Å²) in [7, 11) is 0. The second-order valence-corrected chi connectivity index (χ2v) is 4.91. The Balaban J connectivity index is 2.46. The van der Waals surface area contributed by atoms with Crippen molar-refractivity contribution in [2.75, 3.05) is 0 Å². The number of rotatable bonds is 2. The highest BCUT2D eigenvalue weighted by Crippen LogP contribution is 2.39. The molecule has 0 amide bonds. The molecule has 0 saturated carbocycles. The van der Waals surface area contributed by atoms with Crippen molar-refractivity contribution in [3.63, 3.8) is 0 Å². The molecule has 0 radical (unpaired) electrons. The molecule has 1 nitrogen and oxygen atoms in total. The van der Waals surface area contributed by atoms with Gasteiger partial charge in [0.2, 0.25) is 11.9 Å². The third-order valence-corrected chi connectivity index (χ3v) is 3.95. The van der Waals surface area contributed by atoms with Crippen molar-refractivity contribution in [1.29, 1.82) is 0 Å². The first-order valence-electron chi connectivity index (χ1n) is 4.52. The predicted molar refractivity (Wildman–Crippen MR) is 64.7 cm³/mol. The first kappa shape index (κ1) is 12.6. The Morgan fingerprint density at radius 3 is 2.00 bits per heavy atom. The minimum absolute atomic E-state index is 0.129. The smallest absolute Gasteiger partial charge is 0.188 e. The van der Waals surface area contributed by atoms with Gasteiger partial charge in [-0.05, 0) is 12.1 Å². The highest BCUT2D eigenvalue weighted by molar-refractivity contribution is 7.99. The van der Waals surface area contributed by atoms with Gasteiger partial charge < -0.3 is 0 Å². The quantitative estimate of drug-likeness (QED) is 0.736. The highest BCUT2D eigenvalue weighted by atomic mass is 35.5. The summed E-state index contributed by atoms with van der Waals surface area (Å²) in [5.41, 5.74) is 0. The van der Waals surface area contributed by atoms with Crippen LogP contribution in [-0.2, 0) is 0 Å². The monoisotopic (exact) mass is 291 g/mol. The lowest BCUT2D eigenvalue weighted by molar-refractivity contribution is 0.508. The SMILES string of the molecule is Fc1nc(F)c(Cl)c(Sc2ccccc2)c1Cl. The van der Waals surface area contributed by atoms with Crippen LogP contribution in [0.15, 0.2) is 40.1 Å². The lowest BCUT2D eigenvalue weighted by atomic mass is 10.4. The van der Waals surface area contributed by atoms with Crippen LogP contribution in [0.5, 0.6) is 0 Å². The molecule has 0 bridgehead atoms. The molecular weight excluding hydrogens is 287 g/mol. The Morgan fingerprint density at radius 2 is 1.47 bits per heavy atom. The molecule has 0 aliphatic rings. The van der Waals surface area contributed by atoms with E-state index in [0.29, 0.717) is 0 Å². The Hall–Kier alpha value is -0.840. The van der Waals surface area contributed by atoms with Crippen LogP contribution in [0.4, 0.5) is 8.78 Å². The Kier molecular flexibility index (Phi) is 3.86. The van der Waals surface area contributed by atoms with Gasteiger partial charge in [0.05, 0.1) is 4.90 Å². The van der Waals surface area contributed by atoms with Gasteiger partial charge in [-0.1, -0.05) is 53.2 Å². The lowest BCUT2D eigenvalue weighted by Gasteiger charge is -2.07. The minimum atomic E-state index is -1.06. The van der Waals surface area contributed by atoms with Gasteiger partial charge in [0.15, 0.2) is 0 Å². The van der Waals surface area contributed by atoms with Crippen molar-refractivity contribution in [3.05, 3.63) is 52.3 Å². The molecule has 0 atom stereocenters. The zero-order chi connectivity index (χ0) is 12.4. The van der Waals surface area contributed by atoms with E-state index in [9.17, 15) is 8.78 Å². The number of pyridine rings is 1. The molecule has 0 spiro atoms. The molecule has 0 saturated heterocycles. The number of hydrogen-bond donors (Lipinski definition) is 0. The van der Waals surface area contributed by atoms with Crippen molar-refractivity contribution in [3.8, 4) is 0 Å². The van der Waals surface area contributed by atoms with E-state index in [1.54, 1.807) is 24.3 Å². The summed E-state index contributed by atoms with van der Waals surface area (Å²) in [6.45, 7) is 0. The van der Waals surface area contributed by atoms with Gasteiger partial charge in [0.25, 0.3) is 0 Å². The summed E-state index contributed by atoms with van der Waals surface area (Å²) in [5.74, 6) is -2.13. The van der Waals surface area contributed by atoms with E-state index in [2.05, 4.69) is 4.98 Å². The molecule has 0 aliphatic heterocycles. The maximum atomic E-state index is 13.2. The third kappa shape index (κ3) is 2.70. The number of benzene rings is 1. The van der Waals surface area contributed by atoms with Gasteiger partial charge >= 0.3 is 0 Å². The summed E-state index contributed by atoms with van der Waals surface area (Å²) in [5, 5.41) is -0.546. The molecule has 17 heavy (non-hydrogen) atoms. The van der Waals surface area contributed by atoms with E-state index >= 15 is 0 Å². The van der Waals surface area contributed by atoms with Crippen molar-refractivity contribution in [1.82, 2.24) is 4.98 Å². The van der Waals surface area contributed by atoms with Crippen LogP contribution in [0.3, 0.4) is 0 Å². The minimum Gasteiger partial charge on any atom is -0.188 e. The van der Waals surface area contributed by atoms with Crippen molar-refractivity contribution >= 4 is 35.0 Å². The molecule has 1 aromatic heterocycles. The molecular formula is C11H5Cl2F2NS. The zero-order valence-corrected chi connectivity index (χ0v) is 10.6. The highest BCUT2D eigenvalue weighted by Gasteiger charge is 2.18. The number of aromatic nitrogens is 1. The number of halogens is 4. The van der Waals surface area contributed by atoms with Gasteiger partial charge in [-0.3, -0.25) is 0 Å². The molecule has 6 heteroatoms. The van der Waals surface area contributed by atoms with Crippen LogP contribution < -0.4 is 0 Å². The fourth-order valence-corrected chi connectivity index (χ4v) is 2.59. The Morgan fingerprint density at radius 1 is 0.941 bits per heavy atom. The van der Waals surface area contributed by atoms with Crippen molar-refractivity contribution in [2.24, 2.45) is 0 Å². The molecule has 0 aliphatic carbocycles. The fourth-order valence-electron chi connectivity index (χ4n) is 1.16. The fraction of sp³-hybridized carbons (Fsp3) is 0. The van der Waals surface area contributed by atoms with E-state index in [4.69, 9.17) is 23.2 Å². The maximum absolute atomic E-state index is 13.2. The van der Waals surface area contributed by atoms with Crippen LogP contribution in [0.2, 0.25) is 10.0 Å². The van der Waals surface area contributed by atoms with E-state index in [1.807, 2.05) is 6.07 Å². The molecule has 0 N–H and O–H groups in total. The van der Waals surface area contributed by atoms with E-state index < -0.39 is 11.9 Å². The normalized spacial score (nSPS) is 10.6. The zero-order valence-electron chi connectivity index (χ0n) is 8.25. The van der Waals surface area contributed by atoms with Crippen LogP contribution in [0, 0.1) is 11.9 Å². The topological polar surface area (TPSA) is 12.9 Å². The molecule has 2 aromatic rings. The summed E-state index contributed by atoms with van der Waals surface area (Å²) in [4.78, 5) is 3.87. The standard InChI is InChI=1S/C11H5Cl2F2NS/c12-7-9(8(13)11(15)16-10(7)14)17-6-4-2-1-3-5-6/h1-5H. The van der Waals surface area contributed by atoms with Crippen LogP contribution >= 0.6 is 35.0 Å². The first-order chi connectivity index (χ1) is 8.09. The van der Waals surface area contributed by atoms with Crippen LogP contribution in [0.1, 0.15) is 0 Å². The van der Waals surface area contributed by atoms with Crippen molar-refractivity contribution in [2.45, 2.75) is 9.79 Å². The van der Waals surface area contributed by atoms with Crippen molar-refractivity contribution < 1.29 is 8.78 Å². The second kappa shape index (κ2) is 5.21. The largest absolute Gasteiger partial charge is 0.235 e. The van der Waals surface area contributed by atoms with E-state index in [-0.39, 0.29) is 14.9 Å². The van der Waals surface area contributed by atoms with Gasteiger partial charge in [0.1, 0.15) is 10.0 Å². The molecule has 1 aromatic carbocycles. The molecule has 0 fully saturated rings. The molecule has 0 unspecified atom stereocenters. The summed E-state index contributed by atoms with van der Waals surface area (Å²) in [6.07, 6.45) is 0. The van der Waals surface area contributed by atoms with Gasteiger partial charge in [-0.15, -0.1) is 0 Å². The van der Waals surface area contributed by atoms with Crippen LogP contribution in [-0.4, -0.2) is 4.98 Å². The average Bonchev–Trinajstić information content (AvgIpc) is 2.33. The summed E-state index contributed by atoms with van der Waals surface area (Å²) < 4.78 is 26.3. The Labute approximate surface area is 111 Å². The van der Waals surface area contributed by atoms with Crippen LogP contribution in [0.25, 0.3) is 0 Å². The first-order valence-corrected chi connectivity index (χ1v) is 6.09. The maximum Gasteiger partial charge on any atom is 0.235 e. The van der Waals surface area contributed by atoms with E-state index in [0.717, 1.165) is 16.7 Å². The predicted octanol–water partition coefficient (Wildman–Crippen LogP) is 4.82. The number of nitrogens with zero attached hydrogens (tertiary/aromatic N) is 1. The van der Waals surface area contributed by atoms with Gasteiger partial charge in [0, 0.05) is 4.90 Å². The second-order valence-electron chi connectivity index (χ2n) is 3.07. The van der Waals surface area contributed by atoms with Gasteiger partial charge in [-0.2, -0.15) is 13.8 Å². The summed E-state index contributed by atoms with van der Waals surface area (Å²) >= 11 is 12.5. The molecule has 1 heterocycles. The molecule has 88 valence electrons. The van der Waals surface area contributed by atoms with Gasteiger partial charge in [-0.25, -0.2) is 0 Å². The Bertz CT molecular complexity index is 523.